The Labute approximate surface area is 288 Å². The smallest absolute Gasteiger partial charge is 0.336 e. The maximum Gasteiger partial charge on any atom is 0.336 e. The normalized spacial score (nSPS) is 17.6. The van der Waals surface area contributed by atoms with Gasteiger partial charge in [-0.2, -0.15) is 0 Å². The van der Waals surface area contributed by atoms with Gasteiger partial charge >= 0.3 is 11.9 Å². The molecule has 1 N–H and O–H groups in total. The molecule has 0 bridgehead atoms. The molecule has 9 heteroatoms. The molecule has 248 valence electrons. The summed E-state index contributed by atoms with van der Waals surface area (Å²) >= 11 is 13.0. The number of dihydropyridines is 1. The van der Waals surface area contributed by atoms with Gasteiger partial charge in [0.2, 0.25) is 0 Å². The van der Waals surface area contributed by atoms with Crippen LogP contribution in [0.1, 0.15) is 60.5 Å². The van der Waals surface area contributed by atoms with E-state index in [4.69, 9.17) is 32.7 Å². The standard InChI is InChI=1S/C38H43Cl2N3O4/c1-6-46-37(44)32-26(4)41-27(5)33(34(32)30-8-7-9-31(39)35(30)40)38(45)47-23-22-42-18-20-43(21-19-42)36(28-14-10-24(2)11-15-28)29-16-12-25(3)13-17-29/h7-17,34,36,41H,6,18-23H2,1-5H3. The maximum atomic E-state index is 13.8. The third-order valence-corrected chi connectivity index (χ3v) is 9.80. The first-order chi connectivity index (χ1) is 22.6. The van der Waals surface area contributed by atoms with Crippen molar-refractivity contribution in [1.82, 2.24) is 15.1 Å². The molecule has 0 spiro atoms. The third kappa shape index (κ3) is 7.92. The van der Waals surface area contributed by atoms with Gasteiger partial charge in [-0.15, -0.1) is 0 Å². The molecule has 2 aliphatic rings. The summed E-state index contributed by atoms with van der Waals surface area (Å²) < 4.78 is 11.3. The van der Waals surface area contributed by atoms with E-state index >= 15 is 0 Å². The first-order valence-electron chi connectivity index (χ1n) is 16.1. The van der Waals surface area contributed by atoms with Crippen molar-refractivity contribution >= 4 is 35.1 Å². The summed E-state index contributed by atoms with van der Waals surface area (Å²) in [6.07, 6.45) is 0. The minimum Gasteiger partial charge on any atom is -0.463 e. The van der Waals surface area contributed by atoms with Crippen molar-refractivity contribution in [3.63, 3.8) is 0 Å². The molecule has 0 aliphatic carbocycles. The van der Waals surface area contributed by atoms with Crippen LogP contribution in [0, 0.1) is 13.8 Å². The number of esters is 2. The van der Waals surface area contributed by atoms with E-state index in [-0.39, 0.29) is 24.3 Å². The van der Waals surface area contributed by atoms with E-state index in [9.17, 15) is 9.59 Å². The summed E-state index contributed by atoms with van der Waals surface area (Å²) in [5, 5.41) is 3.80. The summed E-state index contributed by atoms with van der Waals surface area (Å²) in [5.74, 6) is -1.83. The van der Waals surface area contributed by atoms with Crippen LogP contribution in [0.2, 0.25) is 10.0 Å². The number of aryl methyl sites for hydroxylation is 2. The van der Waals surface area contributed by atoms with Gasteiger partial charge in [0.1, 0.15) is 6.61 Å². The first kappa shape index (κ1) is 34.7. The number of rotatable bonds is 10. The van der Waals surface area contributed by atoms with Crippen LogP contribution in [0.15, 0.2) is 89.3 Å². The molecule has 2 heterocycles. The Hall–Kier alpha value is -3.62. The quantitative estimate of drug-likeness (QED) is 0.225. The lowest BCUT2D eigenvalue weighted by molar-refractivity contribution is -0.140. The molecule has 1 saturated heterocycles. The van der Waals surface area contributed by atoms with Crippen LogP contribution in [-0.2, 0) is 19.1 Å². The van der Waals surface area contributed by atoms with Crippen LogP contribution in [0.25, 0.3) is 0 Å². The van der Waals surface area contributed by atoms with Crippen molar-refractivity contribution in [1.29, 1.82) is 0 Å². The van der Waals surface area contributed by atoms with Gasteiger partial charge in [-0.1, -0.05) is 95.0 Å². The van der Waals surface area contributed by atoms with Gasteiger partial charge in [-0.05, 0) is 57.4 Å². The zero-order valence-corrected chi connectivity index (χ0v) is 29.3. The minimum absolute atomic E-state index is 0.172. The average Bonchev–Trinajstić information content (AvgIpc) is 3.04. The minimum atomic E-state index is -0.793. The fourth-order valence-electron chi connectivity index (χ4n) is 6.50. The second-order valence-electron chi connectivity index (χ2n) is 12.2. The highest BCUT2D eigenvalue weighted by molar-refractivity contribution is 6.42. The molecule has 7 nitrogen and oxygen atoms in total. The largest absolute Gasteiger partial charge is 0.463 e. The van der Waals surface area contributed by atoms with E-state index in [2.05, 4.69) is 77.5 Å². The molecule has 1 atom stereocenters. The highest BCUT2D eigenvalue weighted by atomic mass is 35.5. The molecular formula is C38H43Cl2N3O4. The van der Waals surface area contributed by atoms with E-state index in [1.165, 1.54) is 22.3 Å². The van der Waals surface area contributed by atoms with E-state index in [1.54, 1.807) is 39.0 Å². The molecule has 0 aromatic heterocycles. The SMILES string of the molecule is CCOC(=O)C1=C(C)NC(C)=C(C(=O)OCCN2CCN(C(c3ccc(C)cc3)c3ccc(C)cc3)CC2)C1c1cccc(Cl)c1Cl. The second-order valence-corrected chi connectivity index (χ2v) is 13.0. The molecule has 2 aliphatic heterocycles. The van der Waals surface area contributed by atoms with Crippen LogP contribution in [0.5, 0.6) is 0 Å². The number of hydrogen-bond acceptors (Lipinski definition) is 7. The highest BCUT2D eigenvalue weighted by Crippen LogP contribution is 2.43. The zero-order chi connectivity index (χ0) is 33.7. The molecule has 3 aromatic rings. The molecule has 1 unspecified atom stereocenters. The number of halogens is 2. The van der Waals surface area contributed by atoms with Crippen LogP contribution >= 0.6 is 23.2 Å². The number of allylic oxidation sites excluding steroid dienone is 2. The van der Waals surface area contributed by atoms with E-state index in [1.807, 2.05) is 0 Å². The molecule has 0 amide bonds. The van der Waals surface area contributed by atoms with Gasteiger partial charge in [0, 0.05) is 44.1 Å². The summed E-state index contributed by atoms with van der Waals surface area (Å²) in [4.78, 5) is 31.8. The Morgan fingerprint density at radius 2 is 1.32 bits per heavy atom. The van der Waals surface area contributed by atoms with Gasteiger partial charge < -0.3 is 14.8 Å². The lowest BCUT2D eigenvalue weighted by atomic mass is 9.80. The maximum absolute atomic E-state index is 13.8. The Morgan fingerprint density at radius 3 is 1.85 bits per heavy atom. The van der Waals surface area contributed by atoms with Crippen molar-refractivity contribution in [3.05, 3.63) is 127 Å². The molecule has 0 radical (unpaired) electrons. The molecule has 0 saturated carbocycles. The van der Waals surface area contributed by atoms with Gasteiger partial charge in [-0.25, -0.2) is 9.59 Å². The first-order valence-corrected chi connectivity index (χ1v) is 16.9. The summed E-state index contributed by atoms with van der Waals surface area (Å²) in [5.41, 5.74) is 7.40. The molecule has 1 fully saturated rings. The van der Waals surface area contributed by atoms with Gasteiger partial charge in [-0.3, -0.25) is 9.80 Å². The molecule has 47 heavy (non-hydrogen) atoms. The van der Waals surface area contributed by atoms with Crippen molar-refractivity contribution in [3.8, 4) is 0 Å². The predicted molar refractivity (Wildman–Crippen MR) is 188 cm³/mol. The fourth-order valence-corrected chi connectivity index (χ4v) is 6.92. The van der Waals surface area contributed by atoms with E-state index < -0.39 is 17.9 Å². The average molecular weight is 677 g/mol. The zero-order valence-electron chi connectivity index (χ0n) is 27.7. The van der Waals surface area contributed by atoms with Crippen molar-refractivity contribution in [2.75, 3.05) is 45.9 Å². The summed E-state index contributed by atoms with van der Waals surface area (Å²) in [7, 11) is 0. The van der Waals surface area contributed by atoms with Gasteiger partial charge in [0.25, 0.3) is 0 Å². The van der Waals surface area contributed by atoms with E-state index in [0.717, 1.165) is 26.2 Å². The van der Waals surface area contributed by atoms with E-state index in [0.29, 0.717) is 39.7 Å². The number of carbonyl (C=O) groups is 2. The summed E-state index contributed by atoms with van der Waals surface area (Å²) in [6, 6.07) is 23.0. The molecule has 5 rings (SSSR count). The van der Waals surface area contributed by atoms with Gasteiger partial charge in [0.15, 0.2) is 0 Å². The van der Waals surface area contributed by atoms with Crippen LogP contribution in [-0.4, -0.2) is 67.7 Å². The number of piperazine rings is 1. The van der Waals surface area contributed by atoms with Crippen molar-refractivity contribution < 1.29 is 19.1 Å². The molecule has 3 aromatic carbocycles. The lowest BCUT2D eigenvalue weighted by Crippen LogP contribution is -2.48. The number of nitrogens with zero attached hydrogens (tertiary/aromatic N) is 2. The second kappa shape index (κ2) is 15.5. The Balaban J connectivity index is 1.26. The number of hydrogen-bond donors (Lipinski definition) is 1. The van der Waals surface area contributed by atoms with Crippen molar-refractivity contribution in [2.24, 2.45) is 0 Å². The number of benzene rings is 3. The summed E-state index contributed by atoms with van der Waals surface area (Å²) in [6.45, 7) is 14.0. The predicted octanol–water partition coefficient (Wildman–Crippen LogP) is 7.36. The van der Waals surface area contributed by atoms with Crippen LogP contribution in [0.4, 0.5) is 0 Å². The van der Waals surface area contributed by atoms with Gasteiger partial charge in [0.05, 0.1) is 39.8 Å². The Kier molecular flexibility index (Phi) is 11.5. The number of carbonyl (C=O) groups excluding carboxylic acids is 2. The monoisotopic (exact) mass is 675 g/mol. The number of nitrogens with one attached hydrogen (secondary N) is 1. The topological polar surface area (TPSA) is 71.1 Å². The van der Waals surface area contributed by atoms with Crippen LogP contribution in [0.3, 0.4) is 0 Å². The fraction of sp³-hybridized carbons (Fsp3) is 0.368. The molecular weight excluding hydrogens is 633 g/mol. The van der Waals surface area contributed by atoms with Crippen LogP contribution < -0.4 is 5.32 Å². The highest BCUT2D eigenvalue weighted by Gasteiger charge is 2.39. The third-order valence-electron chi connectivity index (χ3n) is 8.97. The Morgan fingerprint density at radius 1 is 0.787 bits per heavy atom. The van der Waals surface area contributed by atoms with Crippen molar-refractivity contribution in [2.45, 2.75) is 46.6 Å². The Bertz CT molecular complexity index is 1610. The lowest BCUT2D eigenvalue weighted by Gasteiger charge is -2.39. The number of ether oxygens (including phenoxy) is 2.